The van der Waals surface area contributed by atoms with Crippen molar-refractivity contribution in [2.24, 2.45) is 0 Å². The van der Waals surface area contributed by atoms with Gasteiger partial charge in [-0.1, -0.05) is 80.4 Å². The fraction of sp³-hybridized carbons (Fsp3) is 0.435. The lowest BCUT2D eigenvalue weighted by atomic mass is 9.90. The Bertz CT molecular complexity index is 624. The predicted molar refractivity (Wildman–Crippen MR) is 107 cm³/mol. The summed E-state index contributed by atoms with van der Waals surface area (Å²) in [6.07, 6.45) is 3.82. The van der Waals surface area contributed by atoms with E-state index >= 15 is 0 Å². The Morgan fingerprint density at radius 1 is 0.846 bits per heavy atom. The lowest BCUT2D eigenvalue weighted by molar-refractivity contribution is -0.133. The maximum Gasteiger partial charge on any atom is 0.234 e. The third-order valence-electron chi connectivity index (χ3n) is 5.27. The Balaban J connectivity index is 1.69. The van der Waals surface area contributed by atoms with Crippen LogP contribution in [-0.2, 0) is 4.79 Å². The molecule has 0 spiro atoms. The summed E-state index contributed by atoms with van der Waals surface area (Å²) in [5.74, 6) is 0.0275. The molecule has 138 valence electrons. The van der Waals surface area contributed by atoms with Gasteiger partial charge in [0.25, 0.3) is 0 Å². The topological polar surface area (TPSA) is 23.6 Å². The van der Waals surface area contributed by atoms with E-state index in [0.717, 1.165) is 43.9 Å². The molecule has 1 heterocycles. The SMILES string of the molecule is CCCCCN1CCN(C(=O)C(c2ccccc2)c2ccccc2)CC1. The zero-order valence-electron chi connectivity index (χ0n) is 15.8. The number of hydrogen-bond donors (Lipinski definition) is 0. The lowest BCUT2D eigenvalue weighted by Crippen LogP contribution is -2.50. The highest BCUT2D eigenvalue weighted by atomic mass is 16.2. The molecule has 1 aliphatic heterocycles. The van der Waals surface area contributed by atoms with Crippen LogP contribution < -0.4 is 0 Å². The molecule has 0 saturated carbocycles. The minimum Gasteiger partial charge on any atom is -0.339 e. The molecule has 26 heavy (non-hydrogen) atoms. The van der Waals surface area contributed by atoms with Crippen molar-refractivity contribution in [3.05, 3.63) is 71.8 Å². The molecule has 2 aromatic carbocycles. The largest absolute Gasteiger partial charge is 0.339 e. The van der Waals surface area contributed by atoms with Crippen LogP contribution in [0.4, 0.5) is 0 Å². The minimum absolute atomic E-state index is 0.205. The fourth-order valence-corrected chi connectivity index (χ4v) is 3.73. The van der Waals surface area contributed by atoms with E-state index in [1.54, 1.807) is 0 Å². The van der Waals surface area contributed by atoms with Crippen molar-refractivity contribution in [2.75, 3.05) is 32.7 Å². The van der Waals surface area contributed by atoms with E-state index < -0.39 is 0 Å². The molecule has 0 unspecified atom stereocenters. The molecule has 0 radical (unpaired) electrons. The van der Waals surface area contributed by atoms with Crippen molar-refractivity contribution >= 4 is 5.91 Å². The van der Waals surface area contributed by atoms with Crippen molar-refractivity contribution in [2.45, 2.75) is 32.1 Å². The van der Waals surface area contributed by atoms with Gasteiger partial charge in [-0.2, -0.15) is 0 Å². The molecule has 3 nitrogen and oxygen atoms in total. The van der Waals surface area contributed by atoms with Crippen molar-refractivity contribution in [3.8, 4) is 0 Å². The second kappa shape index (κ2) is 9.54. The number of unbranched alkanes of at least 4 members (excludes halogenated alkanes) is 2. The van der Waals surface area contributed by atoms with Crippen LogP contribution in [0, 0.1) is 0 Å². The van der Waals surface area contributed by atoms with Gasteiger partial charge in [-0.3, -0.25) is 9.69 Å². The Kier molecular flexibility index (Phi) is 6.84. The number of piperazine rings is 1. The number of rotatable bonds is 7. The molecule has 1 amide bonds. The average molecular weight is 351 g/mol. The molecular weight excluding hydrogens is 320 g/mol. The van der Waals surface area contributed by atoms with Gasteiger partial charge in [0.15, 0.2) is 0 Å². The van der Waals surface area contributed by atoms with Gasteiger partial charge in [-0.25, -0.2) is 0 Å². The molecule has 1 saturated heterocycles. The van der Waals surface area contributed by atoms with Crippen LogP contribution >= 0.6 is 0 Å². The van der Waals surface area contributed by atoms with Gasteiger partial charge in [0, 0.05) is 26.2 Å². The second-order valence-electron chi connectivity index (χ2n) is 7.13. The quantitative estimate of drug-likeness (QED) is 0.700. The van der Waals surface area contributed by atoms with E-state index in [0.29, 0.717) is 0 Å². The summed E-state index contributed by atoms with van der Waals surface area (Å²) in [7, 11) is 0. The van der Waals surface area contributed by atoms with Crippen LogP contribution in [0.3, 0.4) is 0 Å². The highest BCUT2D eigenvalue weighted by molar-refractivity contribution is 5.87. The number of amides is 1. The molecule has 3 heteroatoms. The number of benzene rings is 2. The van der Waals surface area contributed by atoms with Crippen LogP contribution in [0.15, 0.2) is 60.7 Å². The molecule has 0 aliphatic carbocycles. The third kappa shape index (κ3) is 4.73. The van der Waals surface area contributed by atoms with Gasteiger partial charge in [-0.05, 0) is 24.1 Å². The first-order chi connectivity index (χ1) is 12.8. The molecule has 0 bridgehead atoms. The van der Waals surface area contributed by atoms with Crippen LogP contribution in [0.25, 0.3) is 0 Å². The normalized spacial score (nSPS) is 15.4. The number of nitrogens with zero attached hydrogens (tertiary/aromatic N) is 2. The van der Waals surface area contributed by atoms with E-state index in [1.165, 1.54) is 19.3 Å². The zero-order chi connectivity index (χ0) is 18.2. The number of carbonyl (C=O) groups excluding carboxylic acids is 1. The first-order valence-electron chi connectivity index (χ1n) is 9.90. The monoisotopic (exact) mass is 350 g/mol. The van der Waals surface area contributed by atoms with Crippen LogP contribution in [0.2, 0.25) is 0 Å². The first-order valence-corrected chi connectivity index (χ1v) is 9.90. The van der Waals surface area contributed by atoms with Crippen molar-refractivity contribution in [1.82, 2.24) is 9.80 Å². The third-order valence-corrected chi connectivity index (χ3v) is 5.27. The highest BCUT2D eigenvalue weighted by Gasteiger charge is 2.29. The summed E-state index contributed by atoms with van der Waals surface area (Å²) in [6.45, 7) is 7.06. The minimum atomic E-state index is -0.205. The summed E-state index contributed by atoms with van der Waals surface area (Å²) >= 11 is 0. The van der Waals surface area contributed by atoms with E-state index in [2.05, 4.69) is 41.0 Å². The van der Waals surface area contributed by atoms with E-state index in [4.69, 9.17) is 0 Å². The number of carbonyl (C=O) groups is 1. The van der Waals surface area contributed by atoms with Gasteiger partial charge in [-0.15, -0.1) is 0 Å². The second-order valence-corrected chi connectivity index (χ2v) is 7.13. The molecule has 0 aromatic heterocycles. The zero-order valence-corrected chi connectivity index (χ0v) is 15.8. The first kappa shape index (κ1) is 18.7. The summed E-state index contributed by atoms with van der Waals surface area (Å²) in [5, 5.41) is 0. The van der Waals surface area contributed by atoms with Crippen LogP contribution in [0.5, 0.6) is 0 Å². The number of hydrogen-bond acceptors (Lipinski definition) is 2. The van der Waals surface area contributed by atoms with Gasteiger partial charge >= 0.3 is 0 Å². The standard InChI is InChI=1S/C23H30N2O/c1-2-3-10-15-24-16-18-25(19-17-24)23(26)22(20-11-6-4-7-12-20)21-13-8-5-9-14-21/h4-9,11-14,22H,2-3,10,15-19H2,1H3. The molecule has 2 aromatic rings. The lowest BCUT2D eigenvalue weighted by Gasteiger charge is -2.36. The summed E-state index contributed by atoms with van der Waals surface area (Å²) in [5.41, 5.74) is 2.16. The molecule has 1 aliphatic rings. The Hall–Kier alpha value is -2.13. The summed E-state index contributed by atoms with van der Waals surface area (Å²) in [4.78, 5) is 17.9. The van der Waals surface area contributed by atoms with Gasteiger partial charge in [0.2, 0.25) is 5.91 Å². The summed E-state index contributed by atoms with van der Waals surface area (Å²) in [6, 6.07) is 20.3. The highest BCUT2D eigenvalue weighted by Crippen LogP contribution is 2.27. The fourth-order valence-electron chi connectivity index (χ4n) is 3.73. The summed E-state index contributed by atoms with van der Waals surface area (Å²) < 4.78 is 0. The van der Waals surface area contributed by atoms with Crippen LogP contribution in [0.1, 0.15) is 43.2 Å². The van der Waals surface area contributed by atoms with E-state index in [-0.39, 0.29) is 11.8 Å². The molecule has 0 N–H and O–H groups in total. The van der Waals surface area contributed by atoms with Crippen molar-refractivity contribution in [3.63, 3.8) is 0 Å². The maximum atomic E-state index is 13.4. The van der Waals surface area contributed by atoms with Crippen molar-refractivity contribution < 1.29 is 4.79 Å². The smallest absolute Gasteiger partial charge is 0.234 e. The molecule has 0 atom stereocenters. The molecular formula is C23H30N2O. The Morgan fingerprint density at radius 2 is 1.38 bits per heavy atom. The van der Waals surface area contributed by atoms with Gasteiger partial charge < -0.3 is 4.90 Å². The van der Waals surface area contributed by atoms with Gasteiger partial charge in [0.1, 0.15) is 0 Å². The average Bonchev–Trinajstić information content (AvgIpc) is 2.70. The Labute approximate surface area is 157 Å². The molecule has 3 rings (SSSR count). The van der Waals surface area contributed by atoms with E-state index in [1.807, 2.05) is 36.4 Å². The maximum absolute atomic E-state index is 13.4. The van der Waals surface area contributed by atoms with Gasteiger partial charge in [0.05, 0.1) is 5.92 Å². The molecule has 1 fully saturated rings. The van der Waals surface area contributed by atoms with E-state index in [9.17, 15) is 4.79 Å². The Morgan fingerprint density at radius 3 is 1.88 bits per heavy atom. The predicted octanol–water partition coefficient (Wildman–Crippen LogP) is 4.15. The van der Waals surface area contributed by atoms with Crippen molar-refractivity contribution in [1.29, 1.82) is 0 Å². The van der Waals surface area contributed by atoms with Crippen LogP contribution in [-0.4, -0.2) is 48.4 Å².